The predicted octanol–water partition coefficient (Wildman–Crippen LogP) is 3.88. The maximum atomic E-state index is 9.57. The van der Waals surface area contributed by atoms with Crippen LogP contribution < -0.4 is 4.90 Å². The fourth-order valence-electron chi connectivity index (χ4n) is 2.56. The number of aliphatic hydroxyl groups is 1. The molecular weight excluding hydrogens is 278 g/mol. The lowest BCUT2D eigenvalue weighted by Gasteiger charge is -2.34. The van der Waals surface area contributed by atoms with Gasteiger partial charge in [0.05, 0.1) is 11.8 Å². The number of hydrogen-bond acceptors (Lipinski definition) is 2. The maximum absolute atomic E-state index is 9.57. The van der Waals surface area contributed by atoms with Crippen molar-refractivity contribution in [2.24, 2.45) is 0 Å². The Bertz CT molecular complexity index is 415. The lowest BCUT2D eigenvalue weighted by Crippen LogP contribution is -2.38. The lowest BCUT2D eigenvalue weighted by atomic mass is 10.0. The van der Waals surface area contributed by atoms with E-state index in [2.05, 4.69) is 40.7 Å². The molecule has 1 atom stereocenters. The Balaban J connectivity index is 2.34. The molecule has 1 aromatic carbocycles. The van der Waals surface area contributed by atoms with Gasteiger partial charge < -0.3 is 10.0 Å². The molecule has 0 radical (unpaired) electrons. The first-order valence-corrected chi connectivity index (χ1v) is 6.96. The molecule has 1 fully saturated rings. The Morgan fingerprint density at radius 1 is 1.41 bits per heavy atom. The molecule has 3 heteroatoms. The van der Waals surface area contributed by atoms with Crippen LogP contribution in [0.25, 0.3) is 0 Å². The van der Waals surface area contributed by atoms with Crippen LogP contribution >= 0.6 is 15.9 Å². The third-order valence-corrected chi connectivity index (χ3v) is 4.28. The zero-order chi connectivity index (χ0) is 12.6. The SMILES string of the molecule is CC(O)c1ccc(N2CCCC2(C)C)c(Br)c1. The van der Waals surface area contributed by atoms with E-state index < -0.39 is 6.10 Å². The Kier molecular flexibility index (Phi) is 3.50. The van der Waals surface area contributed by atoms with Crippen molar-refractivity contribution in [2.75, 3.05) is 11.4 Å². The fourth-order valence-corrected chi connectivity index (χ4v) is 3.17. The van der Waals surface area contributed by atoms with E-state index in [1.807, 2.05) is 12.1 Å². The first kappa shape index (κ1) is 12.9. The summed E-state index contributed by atoms with van der Waals surface area (Å²) in [6.45, 7) is 7.48. The number of aliphatic hydroxyl groups excluding tert-OH is 1. The largest absolute Gasteiger partial charge is 0.389 e. The number of nitrogens with zero attached hydrogens (tertiary/aromatic N) is 1. The van der Waals surface area contributed by atoms with Crippen molar-refractivity contribution in [1.29, 1.82) is 0 Å². The van der Waals surface area contributed by atoms with Crippen molar-refractivity contribution < 1.29 is 5.11 Å². The lowest BCUT2D eigenvalue weighted by molar-refractivity contribution is 0.199. The van der Waals surface area contributed by atoms with Gasteiger partial charge in [-0.05, 0) is 67.2 Å². The van der Waals surface area contributed by atoms with Crippen LogP contribution in [0, 0.1) is 0 Å². The molecule has 0 amide bonds. The molecule has 0 saturated carbocycles. The van der Waals surface area contributed by atoms with Crippen molar-refractivity contribution in [1.82, 2.24) is 0 Å². The summed E-state index contributed by atoms with van der Waals surface area (Å²) in [6, 6.07) is 6.15. The van der Waals surface area contributed by atoms with Gasteiger partial charge in [-0.3, -0.25) is 0 Å². The van der Waals surface area contributed by atoms with E-state index in [0.29, 0.717) is 0 Å². The molecule has 1 unspecified atom stereocenters. The fraction of sp³-hybridized carbons (Fsp3) is 0.571. The normalized spacial score (nSPS) is 20.6. The van der Waals surface area contributed by atoms with E-state index >= 15 is 0 Å². The summed E-state index contributed by atoms with van der Waals surface area (Å²) in [4.78, 5) is 2.45. The summed E-state index contributed by atoms with van der Waals surface area (Å²) < 4.78 is 1.07. The third kappa shape index (κ3) is 2.50. The number of anilines is 1. The van der Waals surface area contributed by atoms with Crippen molar-refractivity contribution >= 4 is 21.6 Å². The molecule has 1 aliphatic rings. The Morgan fingerprint density at radius 2 is 2.12 bits per heavy atom. The van der Waals surface area contributed by atoms with Crippen LogP contribution in [0.4, 0.5) is 5.69 Å². The minimum atomic E-state index is -0.410. The average Bonchev–Trinajstić information content (AvgIpc) is 2.58. The summed E-state index contributed by atoms with van der Waals surface area (Å²) >= 11 is 3.62. The summed E-state index contributed by atoms with van der Waals surface area (Å²) in [5.74, 6) is 0. The zero-order valence-corrected chi connectivity index (χ0v) is 12.3. The summed E-state index contributed by atoms with van der Waals surface area (Å²) in [5.41, 5.74) is 2.42. The molecule has 0 aliphatic carbocycles. The molecule has 1 aliphatic heterocycles. The van der Waals surface area contributed by atoms with Crippen LogP contribution in [0.2, 0.25) is 0 Å². The molecule has 1 N–H and O–H groups in total. The van der Waals surface area contributed by atoms with E-state index in [1.165, 1.54) is 18.5 Å². The molecule has 1 heterocycles. The highest BCUT2D eigenvalue weighted by molar-refractivity contribution is 9.10. The van der Waals surface area contributed by atoms with Gasteiger partial charge in [0.25, 0.3) is 0 Å². The summed E-state index contributed by atoms with van der Waals surface area (Å²) in [7, 11) is 0. The highest BCUT2D eigenvalue weighted by atomic mass is 79.9. The Morgan fingerprint density at radius 3 is 2.59 bits per heavy atom. The van der Waals surface area contributed by atoms with Crippen LogP contribution in [0.3, 0.4) is 0 Å². The van der Waals surface area contributed by atoms with Crippen molar-refractivity contribution in [2.45, 2.75) is 45.3 Å². The van der Waals surface area contributed by atoms with Crippen molar-refractivity contribution in [3.05, 3.63) is 28.2 Å². The van der Waals surface area contributed by atoms with Gasteiger partial charge in [0.2, 0.25) is 0 Å². The molecule has 0 spiro atoms. The molecule has 17 heavy (non-hydrogen) atoms. The molecule has 1 saturated heterocycles. The smallest absolute Gasteiger partial charge is 0.0762 e. The number of rotatable bonds is 2. The molecule has 0 aromatic heterocycles. The van der Waals surface area contributed by atoms with Crippen LogP contribution in [0.5, 0.6) is 0 Å². The van der Waals surface area contributed by atoms with E-state index in [0.717, 1.165) is 16.6 Å². The highest BCUT2D eigenvalue weighted by Crippen LogP contribution is 2.38. The molecule has 94 valence electrons. The molecule has 2 rings (SSSR count). The topological polar surface area (TPSA) is 23.5 Å². The van der Waals surface area contributed by atoms with Gasteiger partial charge in [-0.25, -0.2) is 0 Å². The van der Waals surface area contributed by atoms with Crippen LogP contribution in [-0.4, -0.2) is 17.2 Å². The minimum absolute atomic E-state index is 0.231. The maximum Gasteiger partial charge on any atom is 0.0762 e. The Labute approximate surface area is 112 Å². The second-order valence-electron chi connectivity index (χ2n) is 5.45. The van der Waals surface area contributed by atoms with Gasteiger partial charge in [-0.2, -0.15) is 0 Å². The number of halogens is 1. The van der Waals surface area contributed by atoms with E-state index in [9.17, 15) is 5.11 Å². The summed E-state index contributed by atoms with van der Waals surface area (Å²) in [6.07, 6.45) is 2.07. The average molecular weight is 298 g/mol. The zero-order valence-electron chi connectivity index (χ0n) is 10.7. The van der Waals surface area contributed by atoms with Gasteiger partial charge in [0.1, 0.15) is 0 Å². The van der Waals surface area contributed by atoms with Crippen LogP contribution in [0.15, 0.2) is 22.7 Å². The standard InChI is InChI=1S/C14H20BrNO/c1-10(17)11-5-6-13(12(15)9-11)16-8-4-7-14(16,2)3/h5-6,9-10,17H,4,7-8H2,1-3H3. The highest BCUT2D eigenvalue weighted by Gasteiger charge is 2.32. The molecule has 2 nitrogen and oxygen atoms in total. The molecule has 1 aromatic rings. The Hall–Kier alpha value is -0.540. The van der Waals surface area contributed by atoms with Gasteiger partial charge in [0.15, 0.2) is 0 Å². The first-order valence-electron chi connectivity index (χ1n) is 6.17. The van der Waals surface area contributed by atoms with Gasteiger partial charge in [-0.15, -0.1) is 0 Å². The third-order valence-electron chi connectivity index (χ3n) is 3.65. The second-order valence-corrected chi connectivity index (χ2v) is 6.31. The number of benzene rings is 1. The van der Waals surface area contributed by atoms with Crippen molar-refractivity contribution in [3.8, 4) is 0 Å². The van der Waals surface area contributed by atoms with E-state index in [-0.39, 0.29) is 5.54 Å². The molecule has 0 bridgehead atoms. The van der Waals surface area contributed by atoms with Gasteiger partial charge >= 0.3 is 0 Å². The van der Waals surface area contributed by atoms with Gasteiger partial charge in [0, 0.05) is 16.6 Å². The van der Waals surface area contributed by atoms with Crippen LogP contribution in [0.1, 0.15) is 45.3 Å². The summed E-state index contributed by atoms with van der Waals surface area (Å²) in [5, 5.41) is 9.57. The second kappa shape index (κ2) is 4.62. The van der Waals surface area contributed by atoms with Gasteiger partial charge in [-0.1, -0.05) is 6.07 Å². The number of hydrogen-bond donors (Lipinski definition) is 1. The van der Waals surface area contributed by atoms with Crippen LogP contribution in [-0.2, 0) is 0 Å². The monoisotopic (exact) mass is 297 g/mol. The first-order chi connectivity index (χ1) is 7.92. The minimum Gasteiger partial charge on any atom is -0.389 e. The predicted molar refractivity (Wildman–Crippen MR) is 75.4 cm³/mol. The molecular formula is C14H20BrNO. The quantitative estimate of drug-likeness (QED) is 0.895. The van der Waals surface area contributed by atoms with Crippen molar-refractivity contribution in [3.63, 3.8) is 0 Å². The van der Waals surface area contributed by atoms with E-state index in [1.54, 1.807) is 6.92 Å². The van der Waals surface area contributed by atoms with E-state index in [4.69, 9.17) is 0 Å².